The highest BCUT2D eigenvalue weighted by molar-refractivity contribution is 5.93. The number of rotatable bonds is 7. The van der Waals surface area contributed by atoms with Crippen LogP contribution in [0, 0.1) is 11.3 Å². The first kappa shape index (κ1) is 19.3. The van der Waals surface area contributed by atoms with E-state index < -0.39 is 5.97 Å². The van der Waals surface area contributed by atoms with Crippen molar-refractivity contribution in [1.29, 1.82) is 5.26 Å². The van der Waals surface area contributed by atoms with Crippen molar-refractivity contribution in [2.45, 2.75) is 32.8 Å². The van der Waals surface area contributed by atoms with Crippen LogP contribution in [-0.4, -0.2) is 36.3 Å². The zero-order valence-electron chi connectivity index (χ0n) is 14.7. The Morgan fingerprint density at radius 2 is 2.19 bits per heavy atom. The normalized spacial score (nSPS) is 17.0. The predicted octanol–water partition coefficient (Wildman–Crippen LogP) is 2.50. The molecule has 3 N–H and O–H groups in total. The van der Waals surface area contributed by atoms with Crippen LogP contribution in [0.5, 0.6) is 5.75 Å². The van der Waals surface area contributed by atoms with Gasteiger partial charge in [0.1, 0.15) is 17.9 Å². The summed E-state index contributed by atoms with van der Waals surface area (Å²) in [6, 6.07) is 6.70. The molecule has 1 fully saturated rings. The number of anilines is 2. The van der Waals surface area contributed by atoms with Crippen molar-refractivity contribution in [2.75, 3.05) is 23.8 Å². The van der Waals surface area contributed by atoms with Gasteiger partial charge in [-0.25, -0.2) is 4.79 Å². The first-order chi connectivity index (χ1) is 12.4. The molecule has 26 heavy (non-hydrogen) atoms. The van der Waals surface area contributed by atoms with Gasteiger partial charge in [-0.15, -0.1) is 0 Å². The van der Waals surface area contributed by atoms with Gasteiger partial charge in [-0.2, -0.15) is 5.26 Å². The van der Waals surface area contributed by atoms with Crippen LogP contribution < -0.4 is 15.4 Å². The molecule has 8 nitrogen and oxygen atoms in total. The third kappa shape index (κ3) is 4.97. The number of carboxylic acids is 1. The second-order valence-corrected chi connectivity index (χ2v) is 5.74. The molecule has 0 spiro atoms. The molecule has 1 aromatic carbocycles. The zero-order valence-corrected chi connectivity index (χ0v) is 14.7. The molecule has 1 aromatic rings. The SMILES string of the molecule is CC/C(Nc1ccc(NC(C)=O)c(O[C@H]2CCOC2)c1)=C(\C#N)C(=O)O. The molecule has 1 atom stereocenters. The van der Waals surface area contributed by atoms with Gasteiger partial charge in [0.25, 0.3) is 0 Å². The van der Waals surface area contributed by atoms with Gasteiger partial charge < -0.3 is 25.2 Å². The molecule has 138 valence electrons. The molecule has 1 aliphatic heterocycles. The minimum atomic E-state index is -1.29. The van der Waals surface area contributed by atoms with Crippen molar-refractivity contribution in [2.24, 2.45) is 0 Å². The number of aliphatic carboxylic acids is 1. The van der Waals surface area contributed by atoms with E-state index in [1.165, 1.54) is 6.92 Å². The fourth-order valence-corrected chi connectivity index (χ4v) is 2.52. The summed E-state index contributed by atoms with van der Waals surface area (Å²) in [7, 11) is 0. The zero-order chi connectivity index (χ0) is 19.1. The summed E-state index contributed by atoms with van der Waals surface area (Å²) in [5.74, 6) is -1.07. The van der Waals surface area contributed by atoms with Crippen LogP contribution in [0.1, 0.15) is 26.7 Å². The Bertz CT molecular complexity index is 761. The van der Waals surface area contributed by atoms with Gasteiger partial charge >= 0.3 is 5.97 Å². The second-order valence-electron chi connectivity index (χ2n) is 5.74. The summed E-state index contributed by atoms with van der Waals surface area (Å²) in [5, 5.41) is 23.8. The molecular formula is C18H21N3O5. The van der Waals surface area contributed by atoms with Gasteiger partial charge in [0.05, 0.1) is 18.9 Å². The largest absolute Gasteiger partial charge is 0.486 e. The predicted molar refractivity (Wildman–Crippen MR) is 94.8 cm³/mol. The number of hydrogen-bond donors (Lipinski definition) is 3. The lowest BCUT2D eigenvalue weighted by Gasteiger charge is -2.18. The van der Waals surface area contributed by atoms with E-state index in [0.717, 1.165) is 6.42 Å². The second kappa shape index (κ2) is 8.87. The number of carbonyl (C=O) groups excluding carboxylic acids is 1. The third-order valence-corrected chi connectivity index (χ3v) is 3.75. The molecule has 0 aliphatic carbocycles. The standard InChI is InChI=1S/C18H21N3O5/c1-3-15(14(9-19)18(23)24)21-12-4-5-16(20-11(2)22)17(8-12)26-13-6-7-25-10-13/h4-5,8,13,21H,3,6-7,10H2,1-2H3,(H,20,22)(H,23,24)/b15-14-/t13-/m0/s1. The Morgan fingerprint density at radius 3 is 2.73 bits per heavy atom. The number of hydrogen-bond acceptors (Lipinski definition) is 6. The van der Waals surface area contributed by atoms with E-state index in [-0.39, 0.29) is 17.6 Å². The maximum Gasteiger partial charge on any atom is 0.348 e. The van der Waals surface area contributed by atoms with Crippen LogP contribution in [0.4, 0.5) is 11.4 Å². The van der Waals surface area contributed by atoms with Gasteiger partial charge in [-0.1, -0.05) is 6.92 Å². The molecule has 0 aromatic heterocycles. The van der Waals surface area contributed by atoms with Crippen LogP contribution >= 0.6 is 0 Å². The first-order valence-corrected chi connectivity index (χ1v) is 8.24. The molecule has 8 heteroatoms. The van der Waals surface area contributed by atoms with Gasteiger partial charge in [-0.05, 0) is 18.6 Å². The van der Waals surface area contributed by atoms with E-state index >= 15 is 0 Å². The Kier molecular flexibility index (Phi) is 6.58. The number of allylic oxidation sites excluding steroid dienone is 1. The lowest BCUT2D eigenvalue weighted by atomic mass is 10.1. The van der Waals surface area contributed by atoms with Gasteiger partial charge in [0, 0.05) is 30.8 Å². The lowest BCUT2D eigenvalue weighted by molar-refractivity contribution is -0.132. The first-order valence-electron chi connectivity index (χ1n) is 8.24. The molecule has 0 saturated carbocycles. The Hall–Kier alpha value is -3.05. The fourth-order valence-electron chi connectivity index (χ4n) is 2.52. The number of ether oxygens (including phenoxy) is 2. The molecule has 0 radical (unpaired) electrons. The average molecular weight is 359 g/mol. The average Bonchev–Trinajstić information content (AvgIpc) is 3.09. The van der Waals surface area contributed by atoms with Crippen LogP contribution in [0.2, 0.25) is 0 Å². The van der Waals surface area contributed by atoms with Crippen molar-refractivity contribution >= 4 is 23.3 Å². The number of carboxylic acid groups (broad SMARTS) is 1. The highest BCUT2D eigenvalue weighted by Crippen LogP contribution is 2.31. The molecule has 1 amide bonds. The van der Waals surface area contributed by atoms with E-state index in [1.807, 2.05) is 0 Å². The van der Waals surface area contributed by atoms with Crippen molar-refractivity contribution in [3.8, 4) is 11.8 Å². The maximum absolute atomic E-state index is 11.4. The number of nitrogens with zero attached hydrogens (tertiary/aromatic N) is 1. The maximum atomic E-state index is 11.4. The summed E-state index contributed by atoms with van der Waals surface area (Å²) in [6.45, 7) is 4.24. The van der Waals surface area contributed by atoms with Gasteiger partial charge in [0.2, 0.25) is 5.91 Å². The van der Waals surface area contributed by atoms with Crippen molar-refractivity contribution in [3.63, 3.8) is 0 Å². The van der Waals surface area contributed by atoms with E-state index in [2.05, 4.69) is 10.6 Å². The molecule has 0 bridgehead atoms. The van der Waals surface area contributed by atoms with Crippen LogP contribution in [0.15, 0.2) is 29.5 Å². The van der Waals surface area contributed by atoms with Gasteiger partial charge in [-0.3, -0.25) is 4.79 Å². The number of nitriles is 1. The summed E-state index contributed by atoms with van der Waals surface area (Å²) in [5.41, 5.74) is 1.02. The summed E-state index contributed by atoms with van der Waals surface area (Å²) in [6.07, 6.45) is 0.970. The molecule has 1 saturated heterocycles. The molecule has 0 unspecified atom stereocenters. The van der Waals surface area contributed by atoms with Gasteiger partial charge in [0.15, 0.2) is 5.57 Å². The topological polar surface area (TPSA) is 121 Å². The number of benzene rings is 1. The highest BCUT2D eigenvalue weighted by Gasteiger charge is 2.20. The van der Waals surface area contributed by atoms with E-state index in [1.54, 1.807) is 31.2 Å². The summed E-state index contributed by atoms with van der Waals surface area (Å²) < 4.78 is 11.2. The van der Waals surface area contributed by atoms with E-state index in [9.17, 15) is 9.59 Å². The smallest absolute Gasteiger partial charge is 0.348 e. The molecule has 2 rings (SSSR count). The molecular weight excluding hydrogens is 338 g/mol. The third-order valence-electron chi connectivity index (χ3n) is 3.75. The number of carbonyl (C=O) groups is 2. The summed E-state index contributed by atoms with van der Waals surface area (Å²) >= 11 is 0. The van der Waals surface area contributed by atoms with E-state index in [0.29, 0.717) is 42.5 Å². The minimum Gasteiger partial charge on any atom is -0.486 e. The van der Waals surface area contributed by atoms with E-state index in [4.69, 9.17) is 19.8 Å². The summed E-state index contributed by atoms with van der Waals surface area (Å²) in [4.78, 5) is 22.6. The fraction of sp³-hybridized carbons (Fsp3) is 0.389. The molecule has 1 aliphatic rings. The monoisotopic (exact) mass is 359 g/mol. The minimum absolute atomic E-state index is 0.118. The van der Waals surface area contributed by atoms with Crippen molar-refractivity contribution < 1.29 is 24.2 Å². The van der Waals surface area contributed by atoms with Crippen LogP contribution in [-0.2, 0) is 14.3 Å². The Balaban J connectivity index is 2.32. The molecule has 1 heterocycles. The lowest BCUT2D eigenvalue weighted by Crippen LogP contribution is -2.18. The van der Waals surface area contributed by atoms with Crippen LogP contribution in [0.25, 0.3) is 0 Å². The number of amides is 1. The van der Waals surface area contributed by atoms with Crippen molar-refractivity contribution in [3.05, 3.63) is 29.5 Å². The number of nitrogens with one attached hydrogen (secondary N) is 2. The van der Waals surface area contributed by atoms with Crippen LogP contribution in [0.3, 0.4) is 0 Å². The highest BCUT2D eigenvalue weighted by atomic mass is 16.5. The Morgan fingerprint density at radius 1 is 1.42 bits per heavy atom. The quantitative estimate of drug-likeness (QED) is 0.505. The van der Waals surface area contributed by atoms with Crippen molar-refractivity contribution in [1.82, 2.24) is 0 Å². The Labute approximate surface area is 151 Å².